The van der Waals surface area contributed by atoms with Crippen LogP contribution in [0.25, 0.3) is 0 Å². The zero-order valence-corrected chi connectivity index (χ0v) is 13.3. The first-order chi connectivity index (χ1) is 8.78. The number of thiophene rings is 1. The molecule has 2 rings (SSSR count). The monoisotopic (exact) mass is 342 g/mol. The third kappa shape index (κ3) is 4.42. The van der Waals surface area contributed by atoms with E-state index in [-0.39, 0.29) is 0 Å². The summed E-state index contributed by atoms with van der Waals surface area (Å²) in [5.74, 6) is 0.688. The molecule has 1 aromatic carbocycles. The third-order valence-electron chi connectivity index (χ3n) is 3.03. The molecule has 0 radical (unpaired) electrons. The van der Waals surface area contributed by atoms with Crippen molar-refractivity contribution < 1.29 is 0 Å². The Balaban J connectivity index is 1.87. The van der Waals surface area contributed by atoms with E-state index in [0.29, 0.717) is 5.92 Å². The van der Waals surface area contributed by atoms with Gasteiger partial charge in [-0.1, -0.05) is 45.7 Å². The van der Waals surface area contributed by atoms with Crippen LogP contribution in [0.4, 0.5) is 0 Å². The Labute approximate surface area is 126 Å². The van der Waals surface area contributed by atoms with Gasteiger partial charge < -0.3 is 0 Å². The number of rotatable bonds is 6. The highest BCUT2D eigenvalue weighted by molar-refractivity contribution is 9.09. The van der Waals surface area contributed by atoms with Gasteiger partial charge in [0, 0.05) is 15.2 Å². The summed E-state index contributed by atoms with van der Waals surface area (Å²) in [7, 11) is 0. The number of halogens is 2. The van der Waals surface area contributed by atoms with Crippen LogP contribution >= 0.6 is 38.9 Å². The molecule has 0 aliphatic rings. The van der Waals surface area contributed by atoms with Gasteiger partial charge in [0.15, 0.2) is 0 Å². The predicted molar refractivity (Wildman–Crippen MR) is 85.1 cm³/mol. The first-order valence-corrected chi connectivity index (χ1v) is 8.48. The second-order valence-electron chi connectivity index (χ2n) is 4.47. The molecule has 0 nitrogen and oxygen atoms in total. The Morgan fingerprint density at radius 2 is 1.94 bits per heavy atom. The zero-order chi connectivity index (χ0) is 12.8. The predicted octanol–water partition coefficient (Wildman–Crippen LogP) is 5.59. The minimum Gasteiger partial charge on any atom is -0.149 e. The van der Waals surface area contributed by atoms with Crippen molar-refractivity contribution in [2.24, 2.45) is 5.92 Å². The van der Waals surface area contributed by atoms with Gasteiger partial charge in [-0.05, 0) is 54.3 Å². The topological polar surface area (TPSA) is 0 Å². The molecule has 0 amide bonds. The van der Waals surface area contributed by atoms with Crippen LogP contribution in [-0.2, 0) is 12.8 Å². The molecule has 3 heteroatoms. The zero-order valence-electron chi connectivity index (χ0n) is 10.1. The molecule has 0 saturated heterocycles. The standard InChI is InChI=1S/C15H16BrClS/c16-11-13(5-8-15-2-1-9-18-15)10-12-3-6-14(17)7-4-12/h1-4,6-7,9,13H,5,8,10-11H2. The Hall–Kier alpha value is -0.310. The van der Waals surface area contributed by atoms with Crippen molar-refractivity contribution in [3.63, 3.8) is 0 Å². The number of alkyl halides is 1. The smallest absolute Gasteiger partial charge is 0.0406 e. The Kier molecular flexibility index (Phi) is 5.74. The highest BCUT2D eigenvalue weighted by Gasteiger charge is 2.09. The largest absolute Gasteiger partial charge is 0.149 e. The fourth-order valence-electron chi connectivity index (χ4n) is 1.99. The molecule has 1 aromatic heterocycles. The van der Waals surface area contributed by atoms with E-state index in [4.69, 9.17) is 11.6 Å². The van der Waals surface area contributed by atoms with Crippen molar-refractivity contribution in [3.05, 3.63) is 57.2 Å². The molecule has 1 unspecified atom stereocenters. The van der Waals surface area contributed by atoms with E-state index in [1.54, 1.807) is 0 Å². The molecule has 1 atom stereocenters. The van der Waals surface area contributed by atoms with Crippen LogP contribution in [-0.4, -0.2) is 5.33 Å². The lowest BCUT2D eigenvalue weighted by Crippen LogP contribution is -2.07. The van der Waals surface area contributed by atoms with Crippen LogP contribution in [0.2, 0.25) is 5.02 Å². The van der Waals surface area contributed by atoms with Gasteiger partial charge in [-0.25, -0.2) is 0 Å². The lowest BCUT2D eigenvalue weighted by molar-refractivity contribution is 0.545. The minimum atomic E-state index is 0.688. The summed E-state index contributed by atoms with van der Waals surface area (Å²) >= 11 is 11.4. The Bertz CT molecular complexity index is 450. The van der Waals surface area contributed by atoms with Gasteiger partial charge in [-0.2, -0.15) is 0 Å². The quantitative estimate of drug-likeness (QED) is 0.600. The van der Waals surface area contributed by atoms with Gasteiger partial charge in [-0.15, -0.1) is 11.3 Å². The van der Waals surface area contributed by atoms with Gasteiger partial charge in [-0.3, -0.25) is 0 Å². The number of aryl methyl sites for hydroxylation is 1. The second kappa shape index (κ2) is 7.32. The molecule has 1 heterocycles. The summed E-state index contributed by atoms with van der Waals surface area (Å²) in [4.78, 5) is 1.48. The van der Waals surface area contributed by atoms with Crippen molar-refractivity contribution >= 4 is 38.9 Å². The maximum Gasteiger partial charge on any atom is 0.0406 e. The van der Waals surface area contributed by atoms with Crippen molar-refractivity contribution in [1.82, 2.24) is 0 Å². The van der Waals surface area contributed by atoms with Crippen LogP contribution in [0, 0.1) is 5.92 Å². The fraction of sp³-hybridized carbons (Fsp3) is 0.333. The third-order valence-corrected chi connectivity index (χ3v) is 5.14. The van der Waals surface area contributed by atoms with Crippen molar-refractivity contribution in [1.29, 1.82) is 0 Å². The van der Waals surface area contributed by atoms with E-state index < -0.39 is 0 Å². The van der Waals surface area contributed by atoms with Gasteiger partial charge in [0.05, 0.1) is 0 Å². The molecule has 18 heavy (non-hydrogen) atoms. The van der Waals surface area contributed by atoms with E-state index in [0.717, 1.165) is 16.8 Å². The van der Waals surface area contributed by atoms with E-state index >= 15 is 0 Å². The molecular formula is C15H16BrClS. The number of hydrogen-bond acceptors (Lipinski definition) is 1. The molecule has 96 valence electrons. The van der Waals surface area contributed by atoms with Crippen LogP contribution < -0.4 is 0 Å². The van der Waals surface area contributed by atoms with Crippen molar-refractivity contribution in [2.45, 2.75) is 19.3 Å². The minimum absolute atomic E-state index is 0.688. The Morgan fingerprint density at radius 1 is 1.17 bits per heavy atom. The van der Waals surface area contributed by atoms with Crippen molar-refractivity contribution in [2.75, 3.05) is 5.33 Å². The summed E-state index contributed by atoms with van der Waals surface area (Å²) in [6.07, 6.45) is 3.53. The molecule has 2 aromatic rings. The maximum atomic E-state index is 5.90. The molecule has 0 aliphatic carbocycles. The summed E-state index contributed by atoms with van der Waals surface area (Å²) in [6, 6.07) is 12.6. The van der Waals surface area contributed by atoms with Crippen LogP contribution in [0.5, 0.6) is 0 Å². The van der Waals surface area contributed by atoms with Crippen LogP contribution in [0.1, 0.15) is 16.9 Å². The fourth-order valence-corrected chi connectivity index (χ4v) is 3.39. The first kappa shape index (κ1) is 14.1. The summed E-state index contributed by atoms with van der Waals surface area (Å²) in [5, 5.41) is 4.02. The maximum absolute atomic E-state index is 5.90. The molecule has 0 aliphatic heterocycles. The van der Waals surface area contributed by atoms with E-state index in [1.807, 2.05) is 23.5 Å². The van der Waals surface area contributed by atoms with Crippen LogP contribution in [0.3, 0.4) is 0 Å². The molecule has 0 N–H and O–H groups in total. The average molecular weight is 344 g/mol. The van der Waals surface area contributed by atoms with Gasteiger partial charge in [0.2, 0.25) is 0 Å². The molecule has 0 spiro atoms. The number of hydrogen-bond donors (Lipinski definition) is 0. The molecular weight excluding hydrogens is 328 g/mol. The van der Waals surface area contributed by atoms with Gasteiger partial charge in [0.1, 0.15) is 0 Å². The lowest BCUT2D eigenvalue weighted by atomic mass is 9.96. The Morgan fingerprint density at radius 3 is 2.56 bits per heavy atom. The first-order valence-electron chi connectivity index (χ1n) is 6.10. The molecule has 0 saturated carbocycles. The van der Waals surface area contributed by atoms with E-state index in [2.05, 4.69) is 45.6 Å². The summed E-state index contributed by atoms with van der Waals surface area (Å²) in [5.41, 5.74) is 1.37. The normalized spacial score (nSPS) is 12.6. The SMILES string of the molecule is Clc1ccc(CC(CBr)CCc2cccs2)cc1. The number of benzene rings is 1. The lowest BCUT2D eigenvalue weighted by Gasteiger charge is -2.13. The summed E-state index contributed by atoms with van der Waals surface area (Å²) in [6.45, 7) is 0. The van der Waals surface area contributed by atoms with Gasteiger partial charge in [0.25, 0.3) is 0 Å². The van der Waals surface area contributed by atoms with Crippen molar-refractivity contribution in [3.8, 4) is 0 Å². The molecule has 0 bridgehead atoms. The highest BCUT2D eigenvalue weighted by atomic mass is 79.9. The second-order valence-corrected chi connectivity index (χ2v) is 6.59. The molecule has 0 fully saturated rings. The van der Waals surface area contributed by atoms with E-state index in [1.165, 1.54) is 23.3 Å². The summed E-state index contributed by atoms with van der Waals surface area (Å²) < 4.78 is 0. The van der Waals surface area contributed by atoms with Gasteiger partial charge >= 0.3 is 0 Å². The highest BCUT2D eigenvalue weighted by Crippen LogP contribution is 2.20. The average Bonchev–Trinajstić information content (AvgIpc) is 2.90. The van der Waals surface area contributed by atoms with Crippen LogP contribution in [0.15, 0.2) is 41.8 Å². The van der Waals surface area contributed by atoms with E-state index in [9.17, 15) is 0 Å².